The zero-order valence-corrected chi connectivity index (χ0v) is 18.6. The third-order valence-corrected chi connectivity index (χ3v) is 7.21. The van der Waals surface area contributed by atoms with E-state index in [1.54, 1.807) is 11.6 Å². The molecule has 3 fully saturated rings. The normalized spacial score (nSPS) is 24.5. The molecule has 0 radical (unpaired) electrons. The van der Waals surface area contributed by atoms with Crippen LogP contribution in [0.3, 0.4) is 0 Å². The molecule has 0 bridgehead atoms. The van der Waals surface area contributed by atoms with Crippen molar-refractivity contribution in [3.8, 4) is 0 Å². The van der Waals surface area contributed by atoms with Crippen LogP contribution in [0.2, 0.25) is 0 Å². The van der Waals surface area contributed by atoms with Crippen LogP contribution < -0.4 is 15.9 Å². The first-order chi connectivity index (χ1) is 15.8. The van der Waals surface area contributed by atoms with Gasteiger partial charge in [-0.3, -0.25) is 28.9 Å². The van der Waals surface area contributed by atoms with Gasteiger partial charge in [-0.15, -0.1) is 0 Å². The topological polar surface area (TPSA) is 120 Å². The first-order valence-corrected chi connectivity index (χ1v) is 11.4. The molecule has 0 saturated carbocycles. The van der Waals surface area contributed by atoms with E-state index in [9.17, 15) is 24.3 Å². The number of nitrogens with one attached hydrogen (secondary N) is 1. The van der Waals surface area contributed by atoms with E-state index in [0.29, 0.717) is 31.1 Å². The van der Waals surface area contributed by atoms with Crippen LogP contribution in [0, 0.1) is 0 Å². The molecule has 176 valence electrons. The summed E-state index contributed by atoms with van der Waals surface area (Å²) in [5, 5.41) is 11.5. The number of amides is 3. The number of fused-ring (bicyclic) bond motifs is 1. The van der Waals surface area contributed by atoms with Crippen LogP contribution in [-0.2, 0) is 16.6 Å². The maximum Gasteiger partial charge on any atom is 0.407 e. The molecule has 3 amide bonds. The molecular formula is C22H28N6O5. The maximum atomic E-state index is 13.2. The Bertz CT molecular complexity index is 1180. The average Bonchev–Trinajstić information content (AvgIpc) is 3.38. The molecule has 1 unspecified atom stereocenters. The molecule has 3 aliphatic heterocycles. The van der Waals surface area contributed by atoms with Crippen LogP contribution in [0.25, 0.3) is 11.0 Å². The zero-order chi connectivity index (χ0) is 23.3. The standard InChI is InChI=1S/C22H28N6O5/c1-24-19-15(27-8-7-14(13-27)25-9-11-26(12-10-25)22(32)33)3-2-4-16(19)28(21(24)31)17-5-6-18(29)23-20(17)30/h2-4,14,17H,5-13H2,1H3,(H,32,33)(H,23,29,30)/t14-,17?/m1/s1. The number of piperidine rings is 1. The van der Waals surface area contributed by atoms with Crippen molar-refractivity contribution in [3.63, 3.8) is 0 Å². The van der Waals surface area contributed by atoms with Crippen molar-refractivity contribution in [3.05, 3.63) is 28.7 Å². The molecule has 11 nitrogen and oxygen atoms in total. The van der Waals surface area contributed by atoms with Gasteiger partial charge in [0.25, 0.3) is 0 Å². The van der Waals surface area contributed by atoms with E-state index in [1.807, 2.05) is 18.2 Å². The van der Waals surface area contributed by atoms with E-state index in [2.05, 4.69) is 15.1 Å². The fourth-order valence-corrected chi connectivity index (χ4v) is 5.44. The first kappa shape index (κ1) is 21.5. The molecule has 3 aliphatic rings. The van der Waals surface area contributed by atoms with Gasteiger partial charge < -0.3 is 14.9 Å². The summed E-state index contributed by atoms with van der Waals surface area (Å²) in [4.78, 5) is 54.5. The molecule has 1 aromatic carbocycles. The Balaban J connectivity index is 1.41. The summed E-state index contributed by atoms with van der Waals surface area (Å²) in [6, 6.07) is 5.37. The molecule has 2 aromatic rings. The van der Waals surface area contributed by atoms with Gasteiger partial charge in [-0.1, -0.05) is 6.07 Å². The predicted octanol–water partition coefficient (Wildman–Crippen LogP) is 0.192. The highest BCUT2D eigenvalue weighted by Crippen LogP contribution is 2.32. The SMILES string of the molecule is Cn1c(=O)n(C2CCC(=O)NC2=O)c2cccc(N3CC[C@@H](N4CCN(C(=O)O)CC4)C3)c21. The van der Waals surface area contributed by atoms with Crippen molar-refractivity contribution >= 4 is 34.6 Å². The van der Waals surface area contributed by atoms with Gasteiger partial charge in [-0.25, -0.2) is 9.59 Å². The number of carboxylic acid groups (broad SMARTS) is 1. The fraction of sp³-hybridized carbons (Fsp3) is 0.545. The number of imidazole rings is 1. The number of rotatable bonds is 3. The number of aromatic nitrogens is 2. The van der Waals surface area contributed by atoms with Crippen molar-refractivity contribution < 1.29 is 19.5 Å². The van der Waals surface area contributed by atoms with E-state index in [-0.39, 0.29) is 18.0 Å². The molecule has 5 rings (SSSR count). The minimum absolute atomic E-state index is 0.210. The molecule has 4 heterocycles. The average molecular weight is 457 g/mol. The smallest absolute Gasteiger partial charge is 0.407 e. The molecule has 1 aromatic heterocycles. The number of anilines is 1. The number of piperazine rings is 1. The third kappa shape index (κ3) is 3.65. The number of carbonyl (C=O) groups excluding carboxylic acids is 2. The molecule has 33 heavy (non-hydrogen) atoms. The quantitative estimate of drug-likeness (QED) is 0.633. The highest BCUT2D eigenvalue weighted by molar-refractivity contribution is 6.00. The van der Waals surface area contributed by atoms with Crippen molar-refractivity contribution in [2.24, 2.45) is 7.05 Å². The molecular weight excluding hydrogens is 428 g/mol. The van der Waals surface area contributed by atoms with Crippen molar-refractivity contribution in [1.29, 1.82) is 0 Å². The van der Waals surface area contributed by atoms with Gasteiger partial charge in [0, 0.05) is 58.8 Å². The Morgan fingerprint density at radius 2 is 1.82 bits per heavy atom. The number of aryl methyl sites for hydroxylation is 1. The Kier molecular flexibility index (Phi) is 5.35. The van der Waals surface area contributed by atoms with Gasteiger partial charge in [0.1, 0.15) is 6.04 Å². The predicted molar refractivity (Wildman–Crippen MR) is 120 cm³/mol. The lowest BCUT2D eigenvalue weighted by Crippen LogP contribution is -2.52. The second-order valence-electron chi connectivity index (χ2n) is 9.02. The van der Waals surface area contributed by atoms with E-state index < -0.39 is 18.0 Å². The fourth-order valence-electron chi connectivity index (χ4n) is 5.44. The Labute approximate surface area is 190 Å². The van der Waals surface area contributed by atoms with Crippen LogP contribution in [0.4, 0.5) is 10.5 Å². The molecule has 2 atom stereocenters. The number of benzene rings is 1. The lowest BCUT2D eigenvalue weighted by atomic mass is 10.1. The van der Waals surface area contributed by atoms with Gasteiger partial charge in [-0.05, 0) is 25.0 Å². The summed E-state index contributed by atoms with van der Waals surface area (Å²) in [7, 11) is 1.72. The van der Waals surface area contributed by atoms with E-state index >= 15 is 0 Å². The molecule has 11 heteroatoms. The summed E-state index contributed by atoms with van der Waals surface area (Å²) in [5.41, 5.74) is 2.15. The van der Waals surface area contributed by atoms with E-state index in [1.165, 1.54) is 9.47 Å². The van der Waals surface area contributed by atoms with Crippen LogP contribution >= 0.6 is 0 Å². The number of hydrogen-bond acceptors (Lipinski definition) is 6. The Morgan fingerprint density at radius 1 is 1.06 bits per heavy atom. The summed E-state index contributed by atoms with van der Waals surface area (Å²) < 4.78 is 3.10. The minimum Gasteiger partial charge on any atom is -0.465 e. The largest absolute Gasteiger partial charge is 0.465 e. The maximum absolute atomic E-state index is 13.2. The number of carbonyl (C=O) groups is 3. The summed E-state index contributed by atoms with van der Waals surface area (Å²) in [6.45, 7) is 4.11. The van der Waals surface area contributed by atoms with Gasteiger partial charge in [0.05, 0.1) is 16.7 Å². The zero-order valence-electron chi connectivity index (χ0n) is 18.6. The lowest BCUT2D eigenvalue weighted by Gasteiger charge is -2.36. The van der Waals surface area contributed by atoms with Gasteiger partial charge in [-0.2, -0.15) is 0 Å². The Hall–Kier alpha value is -3.34. The van der Waals surface area contributed by atoms with Gasteiger partial charge in [0.2, 0.25) is 11.8 Å². The van der Waals surface area contributed by atoms with Crippen LogP contribution in [0.1, 0.15) is 25.3 Å². The number of imide groups is 1. The molecule has 2 N–H and O–H groups in total. The van der Waals surface area contributed by atoms with Crippen molar-refractivity contribution in [1.82, 2.24) is 24.3 Å². The first-order valence-electron chi connectivity index (χ1n) is 11.4. The summed E-state index contributed by atoms with van der Waals surface area (Å²) >= 11 is 0. The number of para-hydroxylation sites is 1. The van der Waals surface area contributed by atoms with Gasteiger partial charge in [0.15, 0.2) is 0 Å². The third-order valence-electron chi connectivity index (χ3n) is 7.21. The van der Waals surface area contributed by atoms with Crippen molar-refractivity contribution in [2.45, 2.75) is 31.3 Å². The Morgan fingerprint density at radius 3 is 2.52 bits per heavy atom. The number of nitrogens with zero attached hydrogens (tertiary/aromatic N) is 5. The molecule has 3 saturated heterocycles. The van der Waals surface area contributed by atoms with Crippen molar-refractivity contribution in [2.75, 3.05) is 44.2 Å². The highest BCUT2D eigenvalue weighted by Gasteiger charge is 2.34. The monoisotopic (exact) mass is 456 g/mol. The molecule has 0 spiro atoms. The van der Waals surface area contributed by atoms with Crippen LogP contribution in [-0.4, -0.2) is 87.3 Å². The number of hydrogen-bond donors (Lipinski definition) is 2. The highest BCUT2D eigenvalue weighted by atomic mass is 16.4. The second-order valence-corrected chi connectivity index (χ2v) is 9.02. The summed E-state index contributed by atoms with van der Waals surface area (Å²) in [6.07, 6.45) is 0.616. The van der Waals surface area contributed by atoms with Gasteiger partial charge >= 0.3 is 11.8 Å². The lowest BCUT2D eigenvalue weighted by molar-refractivity contribution is -0.135. The molecule has 0 aliphatic carbocycles. The van der Waals surface area contributed by atoms with E-state index in [4.69, 9.17) is 0 Å². The second kappa shape index (κ2) is 8.22. The van der Waals surface area contributed by atoms with Crippen LogP contribution in [0.15, 0.2) is 23.0 Å². The van der Waals surface area contributed by atoms with E-state index in [0.717, 1.165) is 43.8 Å². The summed E-state index contributed by atoms with van der Waals surface area (Å²) in [5.74, 6) is -0.745. The minimum atomic E-state index is -0.865. The van der Waals surface area contributed by atoms with Crippen LogP contribution in [0.5, 0.6) is 0 Å².